The number of hydrogen-bond acceptors (Lipinski definition) is 2. The molecule has 0 N–H and O–H groups in total. The number of nitriles is 1. The molecule has 2 aromatic carbocycles. The van der Waals surface area contributed by atoms with Crippen LogP contribution in [0, 0.1) is 11.3 Å². The van der Waals surface area contributed by atoms with Crippen LogP contribution < -0.4 is 0 Å². The minimum absolute atomic E-state index is 0.0499. The normalized spacial score (nSPS) is 17.2. The summed E-state index contributed by atoms with van der Waals surface area (Å²) in [4.78, 5) is 14.3. The Morgan fingerprint density at radius 2 is 1.73 bits per heavy atom. The monoisotopic (exact) mass is 290 g/mol. The van der Waals surface area contributed by atoms with Gasteiger partial charge in [-0.05, 0) is 11.6 Å². The van der Waals surface area contributed by atoms with E-state index in [-0.39, 0.29) is 11.3 Å². The molecule has 0 saturated carbocycles. The molecule has 0 bridgehead atoms. The van der Waals surface area contributed by atoms with Gasteiger partial charge in [0.25, 0.3) is 5.91 Å². The number of hydrogen-bond donors (Lipinski definition) is 0. The first-order valence-electron chi connectivity index (χ1n) is 7.39. The molecule has 0 fully saturated rings. The molecule has 110 valence electrons. The van der Waals surface area contributed by atoms with E-state index in [2.05, 4.69) is 32.0 Å². The molecule has 2 aromatic rings. The first-order chi connectivity index (χ1) is 10.5. The predicted octanol–water partition coefficient (Wildman–Crippen LogP) is 3.68. The SMILES string of the molecule is CC(C)(CN1C(=O)c2ccccc2C1C#N)c1ccccc1. The Kier molecular flexibility index (Phi) is 3.46. The number of rotatable bonds is 3. The number of benzene rings is 2. The van der Waals surface area contributed by atoms with Crippen molar-refractivity contribution in [2.75, 3.05) is 6.54 Å². The van der Waals surface area contributed by atoms with E-state index in [0.29, 0.717) is 12.1 Å². The zero-order chi connectivity index (χ0) is 15.7. The molecule has 22 heavy (non-hydrogen) atoms. The van der Waals surface area contributed by atoms with E-state index in [9.17, 15) is 10.1 Å². The maximum atomic E-state index is 12.6. The van der Waals surface area contributed by atoms with Crippen LogP contribution in [0.2, 0.25) is 0 Å². The average molecular weight is 290 g/mol. The van der Waals surface area contributed by atoms with Gasteiger partial charge in [-0.3, -0.25) is 4.79 Å². The Balaban J connectivity index is 1.94. The number of carbonyl (C=O) groups excluding carboxylic acids is 1. The van der Waals surface area contributed by atoms with Crippen molar-refractivity contribution in [1.29, 1.82) is 5.26 Å². The molecule has 3 nitrogen and oxygen atoms in total. The van der Waals surface area contributed by atoms with Crippen LogP contribution >= 0.6 is 0 Å². The quantitative estimate of drug-likeness (QED) is 0.865. The van der Waals surface area contributed by atoms with Crippen LogP contribution in [0.3, 0.4) is 0 Å². The largest absolute Gasteiger partial charge is 0.318 e. The number of amides is 1. The molecular weight excluding hydrogens is 272 g/mol. The zero-order valence-electron chi connectivity index (χ0n) is 12.8. The first-order valence-corrected chi connectivity index (χ1v) is 7.39. The van der Waals surface area contributed by atoms with Crippen molar-refractivity contribution >= 4 is 5.91 Å². The van der Waals surface area contributed by atoms with Gasteiger partial charge >= 0.3 is 0 Å². The fraction of sp³-hybridized carbons (Fsp3) is 0.263. The molecule has 1 aliphatic heterocycles. The molecule has 1 atom stereocenters. The highest BCUT2D eigenvalue weighted by Crippen LogP contribution is 2.36. The highest BCUT2D eigenvalue weighted by molar-refractivity contribution is 5.99. The van der Waals surface area contributed by atoms with Gasteiger partial charge in [0.05, 0.1) is 6.07 Å². The third-order valence-corrected chi connectivity index (χ3v) is 4.30. The summed E-state index contributed by atoms with van der Waals surface area (Å²) in [6.07, 6.45) is 0. The van der Waals surface area contributed by atoms with Crippen LogP contribution in [-0.2, 0) is 5.41 Å². The summed E-state index contributed by atoms with van der Waals surface area (Å²) >= 11 is 0. The van der Waals surface area contributed by atoms with Crippen molar-refractivity contribution in [3.63, 3.8) is 0 Å². The summed E-state index contributed by atoms with van der Waals surface area (Å²) < 4.78 is 0. The zero-order valence-corrected chi connectivity index (χ0v) is 12.8. The van der Waals surface area contributed by atoms with Crippen molar-refractivity contribution in [2.24, 2.45) is 0 Å². The van der Waals surface area contributed by atoms with Gasteiger partial charge in [0.15, 0.2) is 0 Å². The lowest BCUT2D eigenvalue weighted by Gasteiger charge is -2.32. The van der Waals surface area contributed by atoms with Gasteiger partial charge in [-0.2, -0.15) is 5.26 Å². The van der Waals surface area contributed by atoms with E-state index in [1.165, 1.54) is 0 Å². The molecule has 0 spiro atoms. The molecule has 0 aliphatic carbocycles. The smallest absolute Gasteiger partial charge is 0.255 e. The van der Waals surface area contributed by atoms with E-state index in [4.69, 9.17) is 0 Å². The fourth-order valence-electron chi connectivity index (χ4n) is 3.08. The molecule has 3 heteroatoms. The van der Waals surface area contributed by atoms with Gasteiger partial charge in [-0.15, -0.1) is 0 Å². The van der Waals surface area contributed by atoms with Crippen LogP contribution in [-0.4, -0.2) is 17.4 Å². The minimum atomic E-state index is -0.494. The summed E-state index contributed by atoms with van der Waals surface area (Å²) in [5.41, 5.74) is 2.42. The van der Waals surface area contributed by atoms with Crippen LogP contribution in [0.4, 0.5) is 0 Å². The van der Waals surface area contributed by atoms with Gasteiger partial charge < -0.3 is 4.90 Å². The third-order valence-electron chi connectivity index (χ3n) is 4.30. The Morgan fingerprint density at radius 3 is 2.41 bits per heavy atom. The molecule has 1 amide bonds. The van der Waals surface area contributed by atoms with Crippen molar-refractivity contribution in [2.45, 2.75) is 25.3 Å². The summed E-state index contributed by atoms with van der Waals surface area (Å²) in [6, 6.07) is 19.3. The Labute approximate surface area is 130 Å². The number of nitrogens with zero attached hydrogens (tertiary/aromatic N) is 2. The van der Waals surface area contributed by atoms with Gasteiger partial charge in [-0.25, -0.2) is 0 Å². The molecule has 3 rings (SSSR count). The topological polar surface area (TPSA) is 44.1 Å². The molecule has 0 saturated heterocycles. The number of fused-ring (bicyclic) bond motifs is 1. The van der Waals surface area contributed by atoms with Crippen molar-refractivity contribution in [3.8, 4) is 6.07 Å². The maximum Gasteiger partial charge on any atom is 0.255 e. The lowest BCUT2D eigenvalue weighted by atomic mass is 9.84. The molecular formula is C19H18N2O. The van der Waals surface area contributed by atoms with Crippen molar-refractivity contribution in [3.05, 3.63) is 71.3 Å². The van der Waals surface area contributed by atoms with E-state index in [1.54, 1.807) is 11.0 Å². The van der Waals surface area contributed by atoms with Crippen LogP contribution in [0.25, 0.3) is 0 Å². The second-order valence-electron chi connectivity index (χ2n) is 6.30. The molecule has 1 aliphatic rings. The Morgan fingerprint density at radius 1 is 1.09 bits per heavy atom. The fourth-order valence-corrected chi connectivity index (χ4v) is 3.08. The summed E-state index contributed by atoms with van der Waals surface area (Å²) in [5.74, 6) is -0.0499. The predicted molar refractivity (Wildman–Crippen MR) is 85.3 cm³/mol. The lowest BCUT2D eigenvalue weighted by molar-refractivity contribution is 0.0722. The number of carbonyl (C=O) groups is 1. The van der Waals surface area contributed by atoms with Gasteiger partial charge in [0, 0.05) is 23.1 Å². The van der Waals surface area contributed by atoms with Crippen molar-refractivity contribution < 1.29 is 4.79 Å². The average Bonchev–Trinajstić information content (AvgIpc) is 2.80. The summed E-state index contributed by atoms with van der Waals surface area (Å²) in [5, 5.41) is 9.52. The van der Waals surface area contributed by atoms with Gasteiger partial charge in [-0.1, -0.05) is 62.4 Å². The molecule has 1 unspecified atom stereocenters. The van der Waals surface area contributed by atoms with E-state index >= 15 is 0 Å². The van der Waals surface area contributed by atoms with Crippen LogP contribution in [0.15, 0.2) is 54.6 Å². The highest BCUT2D eigenvalue weighted by atomic mass is 16.2. The lowest BCUT2D eigenvalue weighted by Crippen LogP contribution is -2.39. The van der Waals surface area contributed by atoms with Crippen molar-refractivity contribution in [1.82, 2.24) is 4.90 Å². The molecule has 0 aromatic heterocycles. The molecule has 1 heterocycles. The maximum absolute atomic E-state index is 12.6. The van der Waals surface area contributed by atoms with Gasteiger partial charge in [0.2, 0.25) is 0 Å². The highest BCUT2D eigenvalue weighted by Gasteiger charge is 2.39. The van der Waals surface area contributed by atoms with Crippen LogP contribution in [0.1, 0.15) is 41.4 Å². The summed E-state index contributed by atoms with van der Waals surface area (Å²) in [6.45, 7) is 4.73. The van der Waals surface area contributed by atoms with E-state index in [1.807, 2.05) is 36.4 Å². The van der Waals surface area contributed by atoms with Gasteiger partial charge in [0.1, 0.15) is 6.04 Å². The van der Waals surface area contributed by atoms with E-state index < -0.39 is 6.04 Å². The Hall–Kier alpha value is -2.60. The molecule has 0 radical (unpaired) electrons. The Bertz CT molecular complexity index is 744. The van der Waals surface area contributed by atoms with Crippen LogP contribution in [0.5, 0.6) is 0 Å². The minimum Gasteiger partial charge on any atom is -0.318 e. The standard InChI is InChI=1S/C19H18N2O/c1-19(2,14-8-4-3-5-9-14)13-21-17(12-20)15-10-6-7-11-16(15)18(21)22/h3-11,17H,13H2,1-2H3. The summed E-state index contributed by atoms with van der Waals surface area (Å²) in [7, 11) is 0. The first kappa shape index (κ1) is 14.3. The second-order valence-corrected chi connectivity index (χ2v) is 6.30. The second kappa shape index (κ2) is 5.31. The van der Waals surface area contributed by atoms with E-state index in [0.717, 1.165) is 11.1 Å². The third kappa shape index (κ3) is 2.27.